The van der Waals surface area contributed by atoms with Gasteiger partial charge in [-0.15, -0.1) is 0 Å². The number of nitrogens with one attached hydrogen (secondary N) is 2. The number of benzene rings is 5. The minimum absolute atomic E-state index is 0.0558. The molecule has 0 fully saturated rings. The lowest BCUT2D eigenvalue weighted by atomic mass is 10.0. The van der Waals surface area contributed by atoms with Crippen molar-refractivity contribution in [2.45, 2.75) is 23.9 Å². The summed E-state index contributed by atoms with van der Waals surface area (Å²) in [4.78, 5) is 37.6. The number of carbonyl (C=O) groups excluding carboxylic acids is 2. The Kier molecular flexibility index (Phi) is 10.6. The summed E-state index contributed by atoms with van der Waals surface area (Å²) >= 11 is 15.3. The molecule has 5 aromatic carbocycles. The van der Waals surface area contributed by atoms with E-state index in [2.05, 4.69) is 21.2 Å². The molecule has 6 rings (SSSR count). The zero-order valence-corrected chi connectivity index (χ0v) is 30.3. The molecule has 0 aliphatic heterocycles. The molecule has 0 saturated heterocycles. The predicted octanol–water partition coefficient (Wildman–Crippen LogP) is 8.18. The number of hydrogen-bond acceptors (Lipinski definition) is 6. The highest BCUT2D eigenvalue weighted by Crippen LogP contribution is 2.28. The molecule has 2 amide bonds. The van der Waals surface area contributed by atoms with Crippen molar-refractivity contribution < 1.29 is 22.9 Å². The molecule has 1 aromatic heterocycles. The van der Waals surface area contributed by atoms with Crippen LogP contribution in [0, 0.1) is 10.1 Å². The lowest BCUT2D eigenvalue weighted by molar-refractivity contribution is -0.384. The molecule has 0 aliphatic carbocycles. The molecule has 0 unspecified atom stereocenters. The molecule has 1 heterocycles. The number of nitro groups is 1. The highest BCUT2D eigenvalue weighted by molar-refractivity contribution is 9.10. The van der Waals surface area contributed by atoms with E-state index in [1.54, 1.807) is 42.6 Å². The number of nitrogens with zero attached hydrogens (tertiary/aromatic N) is 2. The van der Waals surface area contributed by atoms with Gasteiger partial charge in [0.1, 0.15) is 11.1 Å². The lowest BCUT2D eigenvalue weighted by Crippen LogP contribution is -2.49. The van der Waals surface area contributed by atoms with Gasteiger partial charge in [0.05, 0.1) is 15.4 Å². The Labute approximate surface area is 311 Å². The molecule has 258 valence electrons. The predicted molar refractivity (Wildman–Crippen MR) is 200 cm³/mol. The summed E-state index contributed by atoms with van der Waals surface area (Å²) in [5, 5.41) is 15.1. The van der Waals surface area contributed by atoms with Crippen LogP contribution in [0.25, 0.3) is 22.0 Å². The third-order valence-electron chi connectivity index (χ3n) is 8.15. The van der Waals surface area contributed by atoms with Crippen molar-refractivity contribution in [3.8, 4) is 11.1 Å². The van der Waals surface area contributed by atoms with Gasteiger partial charge in [-0.05, 0) is 64.7 Å². The SMILES string of the molecule is O=C(N[C@@H](Cc1ccc(Br)cc1)C(=O)NS(=O)(=O)c1ccc(Cl)c([N+](=O)[O-])c1)c1cn(Cc2ccc(-c3ccc(Cl)cc3)cc2)c2ccccc12. The molecule has 2 N–H and O–H groups in total. The average molecular weight is 807 g/mol. The van der Waals surface area contributed by atoms with Crippen LogP contribution in [0.2, 0.25) is 10.0 Å². The molecular weight excluding hydrogens is 779 g/mol. The van der Waals surface area contributed by atoms with Gasteiger partial charge in [-0.25, -0.2) is 13.1 Å². The third kappa shape index (κ3) is 8.32. The van der Waals surface area contributed by atoms with Crippen LogP contribution in [0.3, 0.4) is 0 Å². The summed E-state index contributed by atoms with van der Waals surface area (Å²) in [5.41, 5.74) is 4.11. The molecular formula is C37H27BrCl2N4O6S. The van der Waals surface area contributed by atoms with Crippen LogP contribution in [0.5, 0.6) is 0 Å². The molecule has 51 heavy (non-hydrogen) atoms. The number of para-hydroxylation sites is 1. The van der Waals surface area contributed by atoms with E-state index >= 15 is 0 Å². The van der Waals surface area contributed by atoms with Crippen LogP contribution < -0.4 is 10.0 Å². The van der Waals surface area contributed by atoms with Gasteiger partial charge in [-0.2, -0.15) is 0 Å². The monoisotopic (exact) mass is 804 g/mol. The van der Waals surface area contributed by atoms with Crippen molar-refractivity contribution in [2.24, 2.45) is 0 Å². The molecule has 1 atom stereocenters. The first-order chi connectivity index (χ1) is 24.4. The molecule has 0 saturated carbocycles. The van der Waals surface area contributed by atoms with Gasteiger partial charge in [-0.1, -0.05) is 106 Å². The normalized spacial score (nSPS) is 12.0. The number of fused-ring (bicyclic) bond motifs is 1. The van der Waals surface area contributed by atoms with Crippen LogP contribution in [-0.2, 0) is 27.8 Å². The van der Waals surface area contributed by atoms with Crippen molar-refractivity contribution in [3.63, 3.8) is 0 Å². The van der Waals surface area contributed by atoms with Gasteiger partial charge in [0.15, 0.2) is 0 Å². The van der Waals surface area contributed by atoms with Gasteiger partial charge < -0.3 is 9.88 Å². The zero-order valence-electron chi connectivity index (χ0n) is 26.4. The second kappa shape index (κ2) is 15.1. The minimum Gasteiger partial charge on any atom is -0.342 e. The number of nitro benzene ring substituents is 1. The van der Waals surface area contributed by atoms with Crippen LogP contribution in [0.4, 0.5) is 5.69 Å². The van der Waals surface area contributed by atoms with Crippen molar-refractivity contribution >= 4 is 77.6 Å². The number of rotatable bonds is 11. The third-order valence-corrected chi connectivity index (χ3v) is 10.6. The van der Waals surface area contributed by atoms with Crippen LogP contribution in [0.15, 0.2) is 131 Å². The number of hydrogen-bond donors (Lipinski definition) is 2. The van der Waals surface area contributed by atoms with Crippen LogP contribution in [0.1, 0.15) is 21.5 Å². The molecule has 10 nitrogen and oxygen atoms in total. The van der Waals surface area contributed by atoms with Gasteiger partial charge >= 0.3 is 0 Å². The second-order valence-corrected chi connectivity index (χ2v) is 15.0. The molecule has 14 heteroatoms. The van der Waals surface area contributed by atoms with Crippen LogP contribution in [-0.4, -0.2) is 35.8 Å². The number of halogens is 3. The maximum absolute atomic E-state index is 13.9. The van der Waals surface area contributed by atoms with Crippen molar-refractivity contribution in [1.29, 1.82) is 0 Å². The Balaban J connectivity index is 1.27. The van der Waals surface area contributed by atoms with E-state index in [9.17, 15) is 28.1 Å². The summed E-state index contributed by atoms with van der Waals surface area (Å²) in [7, 11) is -4.60. The van der Waals surface area contributed by atoms with E-state index in [-0.39, 0.29) is 17.0 Å². The van der Waals surface area contributed by atoms with Crippen molar-refractivity contribution in [3.05, 3.63) is 163 Å². The van der Waals surface area contributed by atoms with E-state index in [0.717, 1.165) is 44.9 Å². The lowest BCUT2D eigenvalue weighted by Gasteiger charge is -2.19. The quantitative estimate of drug-likeness (QED) is 0.100. The Hall–Kier alpha value is -5.01. The Morgan fingerprint density at radius 2 is 1.47 bits per heavy atom. The molecule has 0 bridgehead atoms. The first-order valence-electron chi connectivity index (χ1n) is 15.4. The van der Waals surface area contributed by atoms with Crippen molar-refractivity contribution in [1.82, 2.24) is 14.6 Å². The van der Waals surface area contributed by atoms with Gasteiger partial charge in [0.2, 0.25) is 0 Å². The largest absolute Gasteiger partial charge is 0.342 e. The number of carbonyl (C=O) groups is 2. The molecule has 0 spiro atoms. The zero-order chi connectivity index (χ0) is 36.3. The molecule has 0 radical (unpaired) electrons. The van der Waals surface area contributed by atoms with E-state index in [0.29, 0.717) is 22.5 Å². The Bertz CT molecular complexity index is 2380. The van der Waals surface area contributed by atoms with Crippen LogP contribution >= 0.6 is 39.1 Å². The topological polar surface area (TPSA) is 140 Å². The fraction of sp³-hybridized carbons (Fsp3) is 0.0811. The molecule has 6 aromatic rings. The Morgan fingerprint density at radius 3 is 2.14 bits per heavy atom. The van der Waals surface area contributed by atoms with Crippen molar-refractivity contribution in [2.75, 3.05) is 0 Å². The Morgan fingerprint density at radius 1 is 0.843 bits per heavy atom. The molecule has 0 aliphatic rings. The summed E-state index contributed by atoms with van der Waals surface area (Å²) in [6.45, 7) is 0.447. The first kappa shape index (κ1) is 35.8. The highest BCUT2D eigenvalue weighted by atomic mass is 79.9. The second-order valence-electron chi connectivity index (χ2n) is 11.6. The van der Waals surface area contributed by atoms with E-state index in [1.165, 1.54) is 0 Å². The fourth-order valence-electron chi connectivity index (χ4n) is 5.56. The number of aromatic nitrogens is 1. The summed E-state index contributed by atoms with van der Waals surface area (Å²) in [6.07, 6.45) is 1.64. The number of amides is 2. The minimum atomic E-state index is -4.60. The summed E-state index contributed by atoms with van der Waals surface area (Å²) in [5.74, 6) is -1.63. The maximum Gasteiger partial charge on any atom is 0.289 e. The van der Waals surface area contributed by atoms with E-state index < -0.39 is 43.4 Å². The van der Waals surface area contributed by atoms with Gasteiger partial charge in [0, 0.05) is 45.6 Å². The standard InChI is InChI=1S/C37H27BrCl2N4O6S/c38-27-13-7-23(8-14-27)19-33(37(46)42-51(49,50)29-17-18-32(40)35(20-29)44(47)48)41-36(45)31-22-43(34-4-2-1-3-30(31)34)21-24-5-9-25(10-6-24)26-11-15-28(39)16-12-26/h1-18,20,22,33H,19,21H2,(H,41,45)(H,42,46)/t33-/m0/s1. The number of sulfonamides is 1. The summed E-state index contributed by atoms with van der Waals surface area (Å²) in [6, 6.07) is 31.5. The smallest absolute Gasteiger partial charge is 0.289 e. The summed E-state index contributed by atoms with van der Waals surface area (Å²) < 4.78 is 31.1. The van der Waals surface area contributed by atoms with Gasteiger partial charge in [-0.3, -0.25) is 19.7 Å². The van der Waals surface area contributed by atoms with E-state index in [4.69, 9.17) is 23.2 Å². The highest BCUT2D eigenvalue weighted by Gasteiger charge is 2.29. The maximum atomic E-state index is 13.9. The first-order valence-corrected chi connectivity index (χ1v) is 18.4. The van der Waals surface area contributed by atoms with E-state index in [1.807, 2.05) is 70.0 Å². The fourth-order valence-corrected chi connectivity index (χ4v) is 7.18. The van der Waals surface area contributed by atoms with Gasteiger partial charge in [0.25, 0.3) is 27.5 Å². The average Bonchev–Trinajstić information content (AvgIpc) is 3.47.